The van der Waals surface area contributed by atoms with Crippen LogP contribution in [-0.2, 0) is 20.7 Å². The van der Waals surface area contributed by atoms with Crippen molar-refractivity contribution in [1.82, 2.24) is 35.3 Å². The number of cyclic esters (lactones) is 1. The summed E-state index contributed by atoms with van der Waals surface area (Å²) in [5, 5.41) is 19.7. The van der Waals surface area contributed by atoms with Gasteiger partial charge in [0.2, 0.25) is 5.91 Å². The zero-order valence-corrected chi connectivity index (χ0v) is 21.6. The highest BCUT2D eigenvalue weighted by molar-refractivity contribution is 5.94. The van der Waals surface area contributed by atoms with Gasteiger partial charge in [-0.2, -0.15) is 9.78 Å². The number of aromatic nitrogens is 6. The van der Waals surface area contributed by atoms with E-state index in [1.807, 2.05) is 17.0 Å². The Bertz CT molecular complexity index is 1140. The summed E-state index contributed by atoms with van der Waals surface area (Å²) in [6.07, 6.45) is 8.31. The Kier molecular flexibility index (Phi) is 6.61. The molecule has 4 heterocycles. The maximum atomic E-state index is 13.6. The third kappa shape index (κ3) is 4.41. The molecule has 1 saturated carbocycles. The van der Waals surface area contributed by atoms with E-state index in [0.29, 0.717) is 29.1 Å². The molecule has 10 nitrogen and oxygen atoms in total. The molecule has 2 aliphatic heterocycles. The summed E-state index contributed by atoms with van der Waals surface area (Å²) in [6, 6.07) is 3.99. The third-order valence-corrected chi connectivity index (χ3v) is 8.94. The van der Waals surface area contributed by atoms with Gasteiger partial charge in [-0.1, -0.05) is 13.8 Å². The van der Waals surface area contributed by atoms with Gasteiger partial charge in [0.05, 0.1) is 22.4 Å². The summed E-state index contributed by atoms with van der Waals surface area (Å²) in [5.41, 5.74) is 2.04. The van der Waals surface area contributed by atoms with Gasteiger partial charge in [-0.05, 0) is 99.1 Å². The molecule has 2 aromatic heterocycles. The number of hydrogen-bond acceptors (Lipinski definition) is 8. The maximum absolute atomic E-state index is 13.6. The molecule has 1 aliphatic carbocycles. The van der Waals surface area contributed by atoms with Crippen LogP contribution in [0.25, 0.3) is 5.82 Å². The molecule has 36 heavy (non-hydrogen) atoms. The number of aryl methyl sites for hydroxylation is 1. The van der Waals surface area contributed by atoms with Crippen molar-refractivity contribution in [3.63, 3.8) is 0 Å². The van der Waals surface area contributed by atoms with Gasteiger partial charge in [-0.15, -0.1) is 10.2 Å². The Morgan fingerprint density at radius 2 is 1.94 bits per heavy atom. The van der Waals surface area contributed by atoms with Gasteiger partial charge in [0.15, 0.2) is 5.82 Å². The number of esters is 1. The number of carbonyl (C=O) groups is 2. The van der Waals surface area contributed by atoms with Gasteiger partial charge >= 0.3 is 5.97 Å². The van der Waals surface area contributed by atoms with Crippen LogP contribution in [0.5, 0.6) is 0 Å². The number of nitrogens with zero attached hydrogens (tertiary/aromatic N) is 7. The summed E-state index contributed by atoms with van der Waals surface area (Å²) < 4.78 is 6.68. The van der Waals surface area contributed by atoms with Gasteiger partial charge in [0.25, 0.3) is 0 Å². The number of amides is 1. The van der Waals surface area contributed by atoms with Crippen molar-refractivity contribution in [2.24, 2.45) is 23.2 Å². The highest BCUT2D eigenvalue weighted by Crippen LogP contribution is 2.52. The minimum absolute atomic E-state index is 0.109. The minimum atomic E-state index is -0.299. The lowest BCUT2D eigenvalue weighted by Crippen LogP contribution is -2.39. The van der Waals surface area contributed by atoms with Gasteiger partial charge in [0.1, 0.15) is 12.9 Å². The molecule has 0 bridgehead atoms. The van der Waals surface area contributed by atoms with Crippen molar-refractivity contribution in [2.75, 3.05) is 6.61 Å². The highest BCUT2D eigenvalue weighted by Gasteiger charge is 2.53. The topological polar surface area (TPSA) is 116 Å². The largest absolute Gasteiger partial charge is 0.456 e. The van der Waals surface area contributed by atoms with Crippen molar-refractivity contribution >= 4 is 11.9 Å². The van der Waals surface area contributed by atoms with E-state index < -0.39 is 0 Å². The maximum Gasteiger partial charge on any atom is 0.336 e. The van der Waals surface area contributed by atoms with E-state index in [1.54, 1.807) is 6.92 Å². The number of hydrogen-bond donors (Lipinski definition) is 0. The van der Waals surface area contributed by atoms with Crippen LogP contribution in [0.2, 0.25) is 0 Å². The highest BCUT2D eigenvalue weighted by atomic mass is 16.5. The summed E-state index contributed by atoms with van der Waals surface area (Å²) in [4.78, 5) is 27.4. The zero-order valence-electron chi connectivity index (χ0n) is 21.6. The van der Waals surface area contributed by atoms with Crippen LogP contribution in [0.4, 0.5) is 0 Å². The predicted molar refractivity (Wildman–Crippen MR) is 130 cm³/mol. The second-order valence-corrected chi connectivity index (χ2v) is 11.0. The molecule has 1 saturated heterocycles. The summed E-state index contributed by atoms with van der Waals surface area (Å²) in [7, 11) is 0. The van der Waals surface area contributed by atoms with Gasteiger partial charge in [-0.25, -0.2) is 4.79 Å². The average Bonchev–Trinajstić information content (AvgIpc) is 3.59. The SMILES string of the molecule is CC1=C(N2C(=O)C3(CCC(C(C)C(C)CCc4ccc(-n5cnnn5)nn4)CC3)CC2C)COC1=O. The molecule has 0 aromatic carbocycles. The fraction of sp³-hybridized carbons (Fsp3) is 0.654. The van der Waals surface area contributed by atoms with Crippen molar-refractivity contribution < 1.29 is 14.3 Å². The lowest BCUT2D eigenvalue weighted by Gasteiger charge is -2.39. The first-order valence-electron chi connectivity index (χ1n) is 13.1. The monoisotopic (exact) mass is 493 g/mol. The molecule has 10 heteroatoms. The number of rotatable bonds is 7. The van der Waals surface area contributed by atoms with E-state index in [9.17, 15) is 9.59 Å². The van der Waals surface area contributed by atoms with E-state index >= 15 is 0 Å². The molecule has 3 atom stereocenters. The first kappa shape index (κ1) is 24.5. The molecule has 1 spiro atoms. The lowest BCUT2D eigenvalue weighted by molar-refractivity contribution is -0.139. The van der Waals surface area contributed by atoms with Crippen LogP contribution in [0.3, 0.4) is 0 Å². The molecular formula is C26H35N7O3. The fourth-order valence-electron chi connectivity index (χ4n) is 6.42. The Morgan fingerprint density at radius 1 is 1.17 bits per heavy atom. The molecule has 2 aromatic rings. The number of likely N-dealkylation sites (tertiary alicyclic amines) is 1. The first-order valence-corrected chi connectivity index (χ1v) is 13.1. The van der Waals surface area contributed by atoms with Gasteiger partial charge in [0, 0.05) is 6.04 Å². The standard InChI is InChI=1S/C26H35N7O3/c1-16(5-6-21-7-8-23(29-28-21)32-15-27-30-31-32)18(3)20-9-11-26(12-10-20)13-17(2)33(25(26)35)22-14-36-24(34)19(22)4/h7-8,15-18,20H,5-6,9-14H2,1-4H3. The second-order valence-electron chi connectivity index (χ2n) is 11.0. The molecule has 5 rings (SSSR count). The molecule has 0 radical (unpaired) electrons. The smallest absolute Gasteiger partial charge is 0.336 e. The second kappa shape index (κ2) is 9.71. The minimum Gasteiger partial charge on any atom is -0.456 e. The molecular weight excluding hydrogens is 458 g/mol. The molecule has 1 amide bonds. The van der Waals surface area contributed by atoms with E-state index in [1.165, 1.54) is 11.0 Å². The summed E-state index contributed by atoms with van der Waals surface area (Å²) >= 11 is 0. The lowest BCUT2D eigenvalue weighted by atomic mass is 9.64. The molecule has 3 unspecified atom stereocenters. The number of carbonyl (C=O) groups excluding carboxylic acids is 2. The summed E-state index contributed by atoms with van der Waals surface area (Å²) in [5.74, 6) is 2.25. The Balaban J connectivity index is 1.15. The van der Waals surface area contributed by atoms with E-state index in [0.717, 1.165) is 56.3 Å². The Morgan fingerprint density at radius 3 is 2.56 bits per heavy atom. The van der Waals surface area contributed by atoms with Crippen LogP contribution in [0.15, 0.2) is 29.7 Å². The van der Waals surface area contributed by atoms with Crippen molar-refractivity contribution in [1.29, 1.82) is 0 Å². The molecule has 2 fully saturated rings. The fourth-order valence-corrected chi connectivity index (χ4v) is 6.42. The average molecular weight is 494 g/mol. The van der Waals surface area contributed by atoms with Gasteiger partial charge < -0.3 is 9.64 Å². The first-order chi connectivity index (χ1) is 17.3. The molecule has 192 valence electrons. The number of tetrazole rings is 1. The van der Waals surface area contributed by atoms with Gasteiger partial charge in [-0.3, -0.25) is 4.79 Å². The molecule has 3 aliphatic rings. The zero-order chi connectivity index (χ0) is 25.4. The predicted octanol–water partition coefficient (Wildman–Crippen LogP) is 3.29. The van der Waals surface area contributed by atoms with Crippen LogP contribution in [0, 0.1) is 23.2 Å². The van der Waals surface area contributed by atoms with E-state index in [4.69, 9.17) is 4.74 Å². The van der Waals surface area contributed by atoms with E-state index in [2.05, 4.69) is 46.5 Å². The van der Waals surface area contributed by atoms with Crippen LogP contribution < -0.4 is 0 Å². The normalized spacial score (nSPS) is 28.2. The van der Waals surface area contributed by atoms with Crippen molar-refractivity contribution in [2.45, 2.75) is 78.7 Å². The number of ether oxygens (including phenoxy) is 1. The Labute approximate surface area is 211 Å². The van der Waals surface area contributed by atoms with Crippen LogP contribution in [0.1, 0.15) is 71.9 Å². The van der Waals surface area contributed by atoms with Crippen molar-refractivity contribution in [3.05, 3.63) is 35.4 Å². The van der Waals surface area contributed by atoms with Crippen LogP contribution >= 0.6 is 0 Å². The summed E-state index contributed by atoms with van der Waals surface area (Å²) in [6.45, 7) is 8.78. The van der Waals surface area contributed by atoms with E-state index in [-0.39, 0.29) is 29.9 Å². The van der Waals surface area contributed by atoms with Crippen molar-refractivity contribution in [3.8, 4) is 5.82 Å². The third-order valence-electron chi connectivity index (χ3n) is 8.94. The quantitative estimate of drug-likeness (QED) is 0.540. The Hall–Kier alpha value is -3.17. The molecule has 0 N–H and O–H groups in total. The van der Waals surface area contributed by atoms with Crippen LogP contribution in [-0.4, -0.2) is 59.8 Å².